The van der Waals surface area contributed by atoms with Gasteiger partial charge < -0.3 is 0 Å². The van der Waals surface area contributed by atoms with Gasteiger partial charge in [-0.05, 0) is 35.1 Å². The molecule has 0 heteroatoms. The van der Waals surface area contributed by atoms with E-state index in [9.17, 15) is 0 Å². The van der Waals surface area contributed by atoms with E-state index in [4.69, 9.17) is 0 Å². The second-order valence-corrected chi connectivity index (χ2v) is 5.77. The van der Waals surface area contributed by atoms with Crippen LogP contribution in [0.3, 0.4) is 0 Å². The third-order valence-corrected chi connectivity index (χ3v) is 4.56. The lowest BCUT2D eigenvalue weighted by Crippen LogP contribution is -2.20. The molecule has 2 bridgehead atoms. The van der Waals surface area contributed by atoms with E-state index in [-0.39, 0.29) is 0 Å². The minimum atomic E-state index is 0.595. The Morgan fingerprint density at radius 2 is 0.950 bits per heavy atom. The second kappa shape index (κ2) is 4.79. The predicted molar refractivity (Wildman–Crippen MR) is 85.1 cm³/mol. The minimum Gasteiger partial charge on any atom is -0.0726 e. The van der Waals surface area contributed by atoms with Crippen molar-refractivity contribution in [2.45, 2.75) is 12.8 Å². The van der Waals surface area contributed by atoms with Crippen molar-refractivity contribution in [1.29, 1.82) is 0 Å². The lowest BCUT2D eigenvalue weighted by atomic mass is 9.69. The molecule has 0 heterocycles. The molecule has 0 saturated heterocycles. The van der Waals surface area contributed by atoms with Gasteiger partial charge in [0.1, 0.15) is 0 Å². The van der Waals surface area contributed by atoms with E-state index in [2.05, 4.69) is 72.8 Å². The first-order valence-corrected chi connectivity index (χ1v) is 7.46. The summed E-state index contributed by atoms with van der Waals surface area (Å²) in [5.74, 6) is 1.19. The smallest absolute Gasteiger partial charge is 0.00275 e. The van der Waals surface area contributed by atoms with E-state index in [1.807, 2.05) is 0 Å². The van der Waals surface area contributed by atoms with E-state index in [1.54, 1.807) is 0 Å². The van der Waals surface area contributed by atoms with E-state index in [0.29, 0.717) is 11.8 Å². The molecule has 2 atom stereocenters. The van der Waals surface area contributed by atoms with Gasteiger partial charge in [-0.25, -0.2) is 0 Å². The van der Waals surface area contributed by atoms with Crippen LogP contribution in [-0.4, -0.2) is 0 Å². The molecule has 0 saturated carbocycles. The van der Waals surface area contributed by atoms with Crippen LogP contribution in [0.2, 0.25) is 0 Å². The fraction of sp³-hybridized carbons (Fsp3) is 0.200. The Kier molecular flexibility index (Phi) is 2.81. The summed E-state index contributed by atoms with van der Waals surface area (Å²) < 4.78 is 0. The average molecular weight is 258 g/mol. The fourth-order valence-electron chi connectivity index (χ4n) is 3.58. The van der Waals surface area contributed by atoms with Crippen molar-refractivity contribution < 1.29 is 0 Å². The highest BCUT2D eigenvalue weighted by molar-refractivity contribution is 5.82. The van der Waals surface area contributed by atoms with Gasteiger partial charge in [-0.1, -0.05) is 72.8 Å². The SMILES string of the molecule is C1=C(c2ccccc2)[C@@H]2C=C(c3ccccc3)[C@H]1CC2. The third-order valence-electron chi connectivity index (χ3n) is 4.56. The molecular formula is C20H18. The minimum absolute atomic E-state index is 0.595. The number of hydrogen-bond donors (Lipinski definition) is 0. The van der Waals surface area contributed by atoms with Gasteiger partial charge in [0, 0.05) is 11.8 Å². The average Bonchev–Trinajstić information content (AvgIpc) is 2.57. The van der Waals surface area contributed by atoms with E-state index >= 15 is 0 Å². The van der Waals surface area contributed by atoms with Gasteiger partial charge in [-0.3, -0.25) is 0 Å². The summed E-state index contributed by atoms with van der Waals surface area (Å²) in [7, 11) is 0. The lowest BCUT2D eigenvalue weighted by molar-refractivity contribution is 0.556. The van der Waals surface area contributed by atoms with Gasteiger partial charge in [0.15, 0.2) is 0 Å². The maximum atomic E-state index is 2.51. The molecule has 5 rings (SSSR count). The molecule has 3 aliphatic rings. The summed E-state index contributed by atoms with van der Waals surface area (Å²) in [5.41, 5.74) is 5.85. The van der Waals surface area contributed by atoms with Crippen LogP contribution >= 0.6 is 0 Å². The summed E-state index contributed by atoms with van der Waals surface area (Å²) in [6.07, 6.45) is 7.60. The summed E-state index contributed by atoms with van der Waals surface area (Å²) in [6, 6.07) is 21.7. The van der Waals surface area contributed by atoms with Crippen molar-refractivity contribution in [2.24, 2.45) is 11.8 Å². The van der Waals surface area contributed by atoms with Gasteiger partial charge in [0.2, 0.25) is 0 Å². The van der Waals surface area contributed by atoms with Crippen LogP contribution in [0.15, 0.2) is 72.8 Å². The largest absolute Gasteiger partial charge is 0.0726 e. The molecule has 0 unspecified atom stereocenters. The molecule has 0 radical (unpaired) electrons. The lowest BCUT2D eigenvalue weighted by Gasteiger charge is -2.35. The predicted octanol–water partition coefficient (Wildman–Crippen LogP) is 5.19. The number of benzene rings is 2. The van der Waals surface area contributed by atoms with Crippen LogP contribution in [0.5, 0.6) is 0 Å². The Morgan fingerprint density at radius 1 is 0.550 bits per heavy atom. The van der Waals surface area contributed by atoms with Gasteiger partial charge in [-0.2, -0.15) is 0 Å². The zero-order valence-corrected chi connectivity index (χ0v) is 11.5. The molecule has 0 nitrogen and oxygen atoms in total. The van der Waals surface area contributed by atoms with Crippen LogP contribution < -0.4 is 0 Å². The van der Waals surface area contributed by atoms with Crippen LogP contribution in [0.25, 0.3) is 11.1 Å². The third kappa shape index (κ3) is 1.92. The summed E-state index contributed by atoms with van der Waals surface area (Å²) >= 11 is 0. The second-order valence-electron chi connectivity index (χ2n) is 5.77. The molecule has 0 aromatic heterocycles. The monoisotopic (exact) mass is 258 g/mol. The van der Waals surface area contributed by atoms with Crippen LogP contribution in [0.4, 0.5) is 0 Å². The highest BCUT2D eigenvalue weighted by Crippen LogP contribution is 2.47. The van der Waals surface area contributed by atoms with Crippen molar-refractivity contribution >= 4 is 11.1 Å². The standard InChI is InChI=1S/C20H18/c1-3-7-15(8-4-1)19-13-18-12-11-17(19)14-20(18)16-9-5-2-6-10-16/h1-10,13-14,17-18H,11-12H2/t17-,18-/m0/s1. The number of allylic oxidation sites excluding steroid dienone is 4. The van der Waals surface area contributed by atoms with Gasteiger partial charge >= 0.3 is 0 Å². The van der Waals surface area contributed by atoms with Gasteiger partial charge in [-0.15, -0.1) is 0 Å². The Labute approximate surface area is 120 Å². The summed E-state index contributed by atoms with van der Waals surface area (Å²) in [5, 5.41) is 0. The van der Waals surface area contributed by atoms with Crippen molar-refractivity contribution in [3.05, 3.63) is 83.9 Å². The van der Waals surface area contributed by atoms with Crippen molar-refractivity contribution in [3.8, 4) is 0 Å². The number of fused-ring (bicyclic) bond motifs is 1. The molecule has 98 valence electrons. The van der Waals surface area contributed by atoms with E-state index in [0.717, 1.165) is 0 Å². The van der Waals surface area contributed by atoms with Crippen molar-refractivity contribution in [3.63, 3.8) is 0 Å². The first-order valence-electron chi connectivity index (χ1n) is 7.46. The highest BCUT2D eigenvalue weighted by Gasteiger charge is 2.30. The van der Waals surface area contributed by atoms with Crippen LogP contribution in [0.1, 0.15) is 24.0 Å². The summed E-state index contributed by atoms with van der Waals surface area (Å²) in [4.78, 5) is 0. The zero-order chi connectivity index (χ0) is 13.4. The summed E-state index contributed by atoms with van der Waals surface area (Å²) in [6.45, 7) is 0. The van der Waals surface area contributed by atoms with Crippen LogP contribution in [0, 0.1) is 11.8 Å². The number of hydrogen-bond acceptors (Lipinski definition) is 0. The maximum Gasteiger partial charge on any atom is 0.00275 e. The molecule has 0 spiro atoms. The van der Waals surface area contributed by atoms with Gasteiger partial charge in [0.05, 0.1) is 0 Å². The Hall–Kier alpha value is -2.08. The quantitative estimate of drug-likeness (QED) is 0.695. The molecule has 0 aliphatic heterocycles. The molecule has 0 N–H and O–H groups in total. The molecule has 2 aromatic rings. The molecule has 3 aliphatic carbocycles. The molecule has 20 heavy (non-hydrogen) atoms. The van der Waals surface area contributed by atoms with Gasteiger partial charge in [0.25, 0.3) is 0 Å². The van der Waals surface area contributed by atoms with E-state index < -0.39 is 0 Å². The molecular weight excluding hydrogens is 240 g/mol. The Morgan fingerprint density at radius 3 is 1.30 bits per heavy atom. The molecule has 2 aromatic carbocycles. The Bertz CT molecular complexity index is 600. The topological polar surface area (TPSA) is 0 Å². The highest BCUT2D eigenvalue weighted by atomic mass is 14.3. The Balaban J connectivity index is 1.72. The normalized spacial score (nSPS) is 24.2. The molecule has 0 fully saturated rings. The van der Waals surface area contributed by atoms with Crippen molar-refractivity contribution in [1.82, 2.24) is 0 Å². The maximum absolute atomic E-state index is 2.51. The van der Waals surface area contributed by atoms with E-state index in [1.165, 1.54) is 35.1 Å². The fourth-order valence-corrected chi connectivity index (χ4v) is 3.58. The molecule has 0 amide bonds. The number of rotatable bonds is 2. The zero-order valence-electron chi connectivity index (χ0n) is 11.5. The first kappa shape index (κ1) is 11.7. The van der Waals surface area contributed by atoms with Crippen LogP contribution in [-0.2, 0) is 0 Å². The van der Waals surface area contributed by atoms with Crippen molar-refractivity contribution in [2.75, 3.05) is 0 Å². The first-order chi connectivity index (χ1) is 9.92.